The largest absolute Gasteiger partial charge is 0.586 e. The molecule has 1 fully saturated rings. The first-order valence-corrected chi connectivity index (χ1v) is 9.71. The Kier molecular flexibility index (Phi) is 4.40. The molecule has 0 amide bonds. The first kappa shape index (κ1) is 20.9. The summed E-state index contributed by atoms with van der Waals surface area (Å²) in [7, 11) is 0. The summed E-state index contributed by atoms with van der Waals surface area (Å²) in [5.74, 6) is -0.329. The number of nitrogen functional groups attached to an aromatic ring is 1. The number of hydrogen-bond acceptors (Lipinski definition) is 8. The fourth-order valence-electron chi connectivity index (χ4n) is 4.05. The molecule has 1 unspecified atom stereocenters. The van der Waals surface area contributed by atoms with Crippen molar-refractivity contribution >= 4 is 22.5 Å². The number of rotatable bonds is 3. The van der Waals surface area contributed by atoms with Gasteiger partial charge in [-0.2, -0.15) is 17.7 Å². The first-order valence-electron chi connectivity index (χ1n) is 9.71. The summed E-state index contributed by atoms with van der Waals surface area (Å²) < 4.78 is 76.5. The van der Waals surface area contributed by atoms with Crippen molar-refractivity contribution < 1.29 is 36.5 Å². The van der Waals surface area contributed by atoms with Crippen molar-refractivity contribution in [3.05, 3.63) is 18.0 Å². The number of piperidine rings is 1. The number of β-amino-alcohol motifs (C(OH)–C–C–N with tert-alkyl or cyclic N) is 1. The van der Waals surface area contributed by atoms with Gasteiger partial charge in [-0.3, -0.25) is 4.90 Å². The second kappa shape index (κ2) is 6.75. The third-order valence-corrected chi connectivity index (χ3v) is 5.61. The molecule has 1 aromatic carbocycles. The normalized spacial score (nSPS) is 23.3. The molecule has 0 radical (unpaired) electrons. The molecule has 14 heteroatoms. The number of hydrogen-bond donors (Lipinski definition) is 2. The number of likely N-dealkylation sites (tertiary alicyclic amines) is 1. The van der Waals surface area contributed by atoms with Crippen molar-refractivity contribution in [3.63, 3.8) is 0 Å². The molecule has 2 aromatic heterocycles. The molecule has 172 valence electrons. The first-order chi connectivity index (χ1) is 15.0. The Balaban J connectivity index is 1.42. The lowest BCUT2D eigenvalue weighted by Gasteiger charge is -2.40. The number of halogens is 5. The molecule has 9 nitrogen and oxygen atoms in total. The number of alkyl halides is 5. The number of nitrogens with zero attached hydrogens (tertiary/aromatic N) is 5. The average molecular weight is 460 g/mol. The zero-order valence-corrected chi connectivity index (χ0v) is 16.4. The third kappa shape index (κ3) is 3.33. The lowest BCUT2D eigenvalue weighted by atomic mass is 9.92. The van der Waals surface area contributed by atoms with Gasteiger partial charge in [0.25, 0.3) is 0 Å². The van der Waals surface area contributed by atoms with Crippen molar-refractivity contribution in [2.45, 2.75) is 37.3 Å². The predicted molar refractivity (Wildman–Crippen MR) is 99.3 cm³/mol. The van der Waals surface area contributed by atoms with E-state index in [-0.39, 0.29) is 60.2 Å². The van der Waals surface area contributed by atoms with Gasteiger partial charge in [0.05, 0.1) is 0 Å². The Morgan fingerprint density at radius 1 is 1.19 bits per heavy atom. The van der Waals surface area contributed by atoms with Crippen LogP contribution in [0.15, 0.2) is 12.1 Å². The maximum absolute atomic E-state index is 13.5. The van der Waals surface area contributed by atoms with E-state index in [1.807, 2.05) is 0 Å². The van der Waals surface area contributed by atoms with Crippen LogP contribution >= 0.6 is 0 Å². The molecule has 32 heavy (non-hydrogen) atoms. The van der Waals surface area contributed by atoms with E-state index in [4.69, 9.17) is 5.73 Å². The third-order valence-electron chi connectivity index (χ3n) is 5.61. The van der Waals surface area contributed by atoms with Gasteiger partial charge in [-0.15, -0.1) is 13.9 Å². The van der Waals surface area contributed by atoms with Crippen molar-refractivity contribution in [2.75, 3.05) is 25.4 Å². The molecule has 0 spiro atoms. The molecule has 3 N–H and O–H groups in total. The zero-order chi connectivity index (χ0) is 22.9. The second-order valence-corrected chi connectivity index (χ2v) is 7.85. The molecule has 2 aliphatic rings. The fourth-order valence-corrected chi connectivity index (χ4v) is 4.05. The second-order valence-electron chi connectivity index (χ2n) is 7.85. The maximum Gasteiger partial charge on any atom is 0.586 e. The number of nitrogens with two attached hydrogens (primary N) is 1. The van der Waals surface area contributed by atoms with Crippen molar-refractivity contribution in [1.29, 1.82) is 0 Å². The van der Waals surface area contributed by atoms with E-state index in [0.717, 1.165) is 0 Å². The summed E-state index contributed by atoms with van der Waals surface area (Å²) in [6.45, 7) is 0.0450. The molecule has 1 atom stereocenters. The van der Waals surface area contributed by atoms with Gasteiger partial charge < -0.3 is 20.3 Å². The summed E-state index contributed by atoms with van der Waals surface area (Å²) in [6, 6.07) is 2.75. The smallest absolute Gasteiger partial charge is 0.395 e. The van der Waals surface area contributed by atoms with Gasteiger partial charge in [0.15, 0.2) is 28.6 Å². The highest BCUT2D eigenvalue weighted by Gasteiger charge is 2.55. The molecular weight excluding hydrogens is 443 g/mol. The van der Waals surface area contributed by atoms with Crippen molar-refractivity contribution in [1.82, 2.24) is 24.5 Å². The van der Waals surface area contributed by atoms with E-state index in [1.54, 1.807) is 0 Å². The topological polar surface area (TPSA) is 111 Å². The van der Waals surface area contributed by atoms with E-state index in [0.29, 0.717) is 11.9 Å². The van der Waals surface area contributed by atoms with Crippen LogP contribution in [0.4, 0.5) is 27.9 Å². The Hall–Kier alpha value is -3.00. The predicted octanol–water partition coefficient (Wildman–Crippen LogP) is 2.11. The molecular formula is C18H17F5N6O3. The minimum absolute atomic E-state index is 0.0231. The summed E-state index contributed by atoms with van der Waals surface area (Å²) in [4.78, 5) is 9.95. The van der Waals surface area contributed by atoms with Crippen LogP contribution in [-0.2, 0) is 6.42 Å². The van der Waals surface area contributed by atoms with E-state index in [1.165, 1.54) is 21.5 Å². The number of anilines is 1. The zero-order valence-electron chi connectivity index (χ0n) is 16.4. The van der Waals surface area contributed by atoms with Gasteiger partial charge in [0.2, 0.25) is 5.95 Å². The Bertz CT molecular complexity index is 1220. The maximum atomic E-state index is 13.5. The SMILES string of the molecule is Nc1nc2c3c(ccc2c2nc(CCN4CCCC(O)(C(F)(F)F)C4)nn12)OC(F)(F)O3. The molecule has 0 saturated carbocycles. The van der Waals surface area contributed by atoms with Crippen LogP contribution in [0.25, 0.3) is 16.6 Å². The summed E-state index contributed by atoms with van der Waals surface area (Å²) in [5, 5.41) is 14.5. The molecule has 2 aliphatic heterocycles. The number of aromatic nitrogens is 4. The van der Waals surface area contributed by atoms with Crippen LogP contribution in [0.2, 0.25) is 0 Å². The van der Waals surface area contributed by atoms with Gasteiger partial charge in [0.1, 0.15) is 5.52 Å². The Morgan fingerprint density at radius 3 is 2.72 bits per heavy atom. The Morgan fingerprint density at radius 2 is 1.97 bits per heavy atom. The molecule has 4 heterocycles. The number of fused-ring (bicyclic) bond motifs is 5. The van der Waals surface area contributed by atoms with E-state index >= 15 is 0 Å². The molecule has 5 rings (SSSR count). The van der Waals surface area contributed by atoms with Crippen LogP contribution in [-0.4, -0.2) is 67.3 Å². The fraction of sp³-hybridized carbons (Fsp3) is 0.500. The Labute approximate surface area is 176 Å². The summed E-state index contributed by atoms with van der Waals surface area (Å²) >= 11 is 0. The highest BCUT2D eigenvalue weighted by molar-refractivity contribution is 5.97. The van der Waals surface area contributed by atoms with Gasteiger partial charge in [0, 0.05) is 24.9 Å². The standard InChI is InChI=1S/C18H17F5N6O3/c19-17(20,21)16(30)5-1-6-28(8-16)7-4-11-25-14-9-2-3-10-13(32-18(22,23)31-10)12(9)26-15(24)29(14)27-11/h2-3,30H,1,4-8H2,(H2,24,26). The van der Waals surface area contributed by atoms with Crippen LogP contribution < -0.4 is 15.2 Å². The van der Waals surface area contributed by atoms with Crippen molar-refractivity contribution in [2.24, 2.45) is 0 Å². The molecule has 0 aliphatic carbocycles. The van der Waals surface area contributed by atoms with Crippen LogP contribution in [0, 0.1) is 0 Å². The minimum Gasteiger partial charge on any atom is -0.395 e. The lowest BCUT2D eigenvalue weighted by molar-refractivity contribution is -0.286. The van der Waals surface area contributed by atoms with Gasteiger partial charge in [-0.25, -0.2) is 9.97 Å². The average Bonchev–Trinajstić information content (AvgIpc) is 3.26. The number of ether oxygens (including phenoxy) is 2. The highest BCUT2D eigenvalue weighted by atomic mass is 19.4. The van der Waals surface area contributed by atoms with Gasteiger partial charge in [-0.1, -0.05) is 0 Å². The van der Waals surface area contributed by atoms with Crippen LogP contribution in [0.3, 0.4) is 0 Å². The highest BCUT2D eigenvalue weighted by Crippen LogP contribution is 2.45. The quantitative estimate of drug-likeness (QED) is 0.572. The molecule has 1 saturated heterocycles. The van der Waals surface area contributed by atoms with E-state index < -0.39 is 24.6 Å². The van der Waals surface area contributed by atoms with E-state index in [2.05, 4.69) is 24.5 Å². The summed E-state index contributed by atoms with van der Waals surface area (Å²) in [5.41, 5.74) is 3.43. The van der Waals surface area contributed by atoms with Gasteiger partial charge >= 0.3 is 12.5 Å². The van der Waals surface area contributed by atoms with Crippen LogP contribution in [0.5, 0.6) is 11.5 Å². The van der Waals surface area contributed by atoms with Crippen molar-refractivity contribution in [3.8, 4) is 11.5 Å². The molecule has 0 bridgehead atoms. The number of benzene rings is 1. The molecule has 3 aromatic rings. The summed E-state index contributed by atoms with van der Waals surface area (Å²) in [6.07, 6.45) is -8.50. The van der Waals surface area contributed by atoms with E-state index in [9.17, 15) is 27.1 Å². The monoisotopic (exact) mass is 460 g/mol. The van der Waals surface area contributed by atoms with Crippen LogP contribution in [0.1, 0.15) is 18.7 Å². The minimum atomic E-state index is -4.71. The van der Waals surface area contributed by atoms with Gasteiger partial charge in [-0.05, 0) is 31.5 Å². The lowest BCUT2D eigenvalue weighted by Crippen LogP contribution is -2.57. The number of aliphatic hydroxyl groups is 1.